The van der Waals surface area contributed by atoms with Gasteiger partial charge < -0.3 is 5.11 Å². The summed E-state index contributed by atoms with van der Waals surface area (Å²) in [6, 6.07) is 0. The summed E-state index contributed by atoms with van der Waals surface area (Å²) in [7, 11) is 1.80. The second-order valence-electron chi connectivity index (χ2n) is 5.90. The van der Waals surface area contributed by atoms with Crippen molar-refractivity contribution >= 4 is 15.9 Å². The van der Waals surface area contributed by atoms with Gasteiger partial charge in [-0.2, -0.15) is 18.3 Å². The summed E-state index contributed by atoms with van der Waals surface area (Å²) in [5, 5.41) is 15.0. The molecule has 1 aromatic heterocycles. The molecule has 0 unspecified atom stereocenters. The summed E-state index contributed by atoms with van der Waals surface area (Å²) in [6.45, 7) is 1.99. The maximum atomic E-state index is 12.7. The van der Waals surface area contributed by atoms with Crippen molar-refractivity contribution in [1.82, 2.24) is 9.78 Å². The van der Waals surface area contributed by atoms with E-state index in [1.165, 1.54) is 0 Å². The van der Waals surface area contributed by atoms with Crippen LogP contribution in [-0.2, 0) is 19.9 Å². The third kappa shape index (κ3) is 3.62. The Labute approximate surface area is 130 Å². The lowest BCUT2D eigenvalue weighted by atomic mass is 9.76. The first-order valence-corrected chi connectivity index (χ1v) is 7.95. The Morgan fingerprint density at radius 3 is 2.38 bits per heavy atom. The van der Waals surface area contributed by atoms with E-state index in [1.807, 2.05) is 6.92 Å². The number of aromatic nitrogens is 2. The van der Waals surface area contributed by atoms with Crippen molar-refractivity contribution in [3.8, 4) is 0 Å². The summed E-state index contributed by atoms with van der Waals surface area (Å²) in [5.74, 6) is -1.28. The molecule has 0 spiro atoms. The number of aliphatic hydroxyl groups is 1. The van der Waals surface area contributed by atoms with Crippen LogP contribution in [0, 0.1) is 5.92 Å². The topological polar surface area (TPSA) is 38.0 Å². The molecule has 1 aromatic rings. The predicted octanol–water partition coefficient (Wildman–Crippen LogP) is 3.77. The molecule has 1 N–H and O–H groups in total. The minimum absolute atomic E-state index is 0.00386. The normalized spacial score (nSPS) is 27.1. The zero-order chi connectivity index (χ0) is 15.8. The van der Waals surface area contributed by atoms with Crippen LogP contribution in [0.5, 0.6) is 0 Å². The van der Waals surface area contributed by atoms with Gasteiger partial charge in [0.2, 0.25) is 0 Å². The SMILES string of the molecule is CCc1nn(C)c(CC2(O)CCC(C(F)(F)F)CC2)c1Br. The van der Waals surface area contributed by atoms with Gasteiger partial charge in [-0.05, 0) is 48.0 Å². The largest absolute Gasteiger partial charge is 0.391 e. The van der Waals surface area contributed by atoms with E-state index in [4.69, 9.17) is 0 Å². The van der Waals surface area contributed by atoms with Crippen molar-refractivity contribution in [3.05, 3.63) is 15.9 Å². The van der Waals surface area contributed by atoms with Gasteiger partial charge in [0.1, 0.15) is 0 Å². The molecule has 3 nitrogen and oxygen atoms in total. The third-order valence-electron chi connectivity index (χ3n) is 4.38. The predicted molar refractivity (Wildman–Crippen MR) is 77.0 cm³/mol. The van der Waals surface area contributed by atoms with E-state index in [0.717, 1.165) is 22.3 Å². The van der Waals surface area contributed by atoms with E-state index in [2.05, 4.69) is 21.0 Å². The molecule has 0 atom stereocenters. The summed E-state index contributed by atoms with van der Waals surface area (Å²) >= 11 is 3.48. The Bertz CT molecular complexity index is 505. The molecule has 0 aliphatic heterocycles. The van der Waals surface area contributed by atoms with Gasteiger partial charge in [-0.25, -0.2) is 0 Å². The van der Waals surface area contributed by atoms with Gasteiger partial charge in [-0.3, -0.25) is 4.68 Å². The Balaban J connectivity index is 2.09. The highest BCUT2D eigenvalue weighted by Gasteiger charge is 2.45. The highest BCUT2D eigenvalue weighted by molar-refractivity contribution is 9.10. The average molecular weight is 369 g/mol. The van der Waals surface area contributed by atoms with Gasteiger partial charge in [-0.1, -0.05) is 6.92 Å². The smallest absolute Gasteiger partial charge is 0.389 e. The van der Waals surface area contributed by atoms with Crippen molar-refractivity contribution < 1.29 is 18.3 Å². The van der Waals surface area contributed by atoms with Crippen molar-refractivity contribution in [2.75, 3.05) is 0 Å². The van der Waals surface area contributed by atoms with Gasteiger partial charge in [0.25, 0.3) is 0 Å². The molecule has 0 bridgehead atoms. The van der Waals surface area contributed by atoms with E-state index in [-0.39, 0.29) is 25.7 Å². The molecular weight excluding hydrogens is 349 g/mol. The fourth-order valence-corrected chi connectivity index (χ4v) is 3.74. The lowest BCUT2D eigenvalue weighted by molar-refractivity contribution is -0.192. The Morgan fingerprint density at radius 1 is 1.38 bits per heavy atom. The van der Waals surface area contributed by atoms with E-state index < -0.39 is 17.7 Å². The zero-order valence-corrected chi connectivity index (χ0v) is 13.8. The van der Waals surface area contributed by atoms with Crippen molar-refractivity contribution in [3.63, 3.8) is 0 Å². The number of aryl methyl sites for hydroxylation is 2. The van der Waals surface area contributed by atoms with Gasteiger partial charge in [0.05, 0.1) is 27.4 Å². The molecular formula is C14H20BrF3N2O. The van der Waals surface area contributed by atoms with Crippen LogP contribution in [0.4, 0.5) is 13.2 Å². The van der Waals surface area contributed by atoms with Gasteiger partial charge in [0, 0.05) is 13.5 Å². The van der Waals surface area contributed by atoms with E-state index in [9.17, 15) is 18.3 Å². The second-order valence-corrected chi connectivity index (χ2v) is 6.69. The number of hydrogen-bond donors (Lipinski definition) is 1. The van der Waals surface area contributed by atoms with Crippen LogP contribution in [0.15, 0.2) is 4.47 Å². The van der Waals surface area contributed by atoms with E-state index >= 15 is 0 Å². The quantitative estimate of drug-likeness (QED) is 0.881. The molecule has 1 aliphatic carbocycles. The third-order valence-corrected chi connectivity index (χ3v) is 5.29. The maximum Gasteiger partial charge on any atom is 0.391 e. The van der Waals surface area contributed by atoms with Gasteiger partial charge in [0.15, 0.2) is 0 Å². The standard InChI is InChI=1S/C14H20BrF3N2O/c1-3-10-12(15)11(20(2)19-10)8-13(21)6-4-9(5-7-13)14(16,17)18/h9,21H,3-8H2,1-2H3. The molecule has 2 rings (SSSR count). The van der Waals surface area contributed by atoms with Crippen LogP contribution >= 0.6 is 15.9 Å². The van der Waals surface area contributed by atoms with Crippen LogP contribution in [-0.4, -0.2) is 26.7 Å². The number of hydrogen-bond acceptors (Lipinski definition) is 2. The molecule has 21 heavy (non-hydrogen) atoms. The van der Waals surface area contributed by atoms with Crippen LogP contribution in [0.1, 0.15) is 44.0 Å². The average Bonchev–Trinajstić information content (AvgIpc) is 2.65. The Kier molecular flexibility index (Phi) is 4.73. The maximum absolute atomic E-state index is 12.7. The fourth-order valence-electron chi connectivity index (χ4n) is 2.98. The second kappa shape index (κ2) is 5.91. The first-order chi connectivity index (χ1) is 9.66. The molecule has 1 saturated carbocycles. The van der Waals surface area contributed by atoms with Crippen molar-refractivity contribution in [1.29, 1.82) is 0 Å². The number of nitrogens with zero attached hydrogens (tertiary/aromatic N) is 2. The lowest BCUT2D eigenvalue weighted by Gasteiger charge is -2.36. The molecule has 1 heterocycles. The van der Waals surface area contributed by atoms with Crippen LogP contribution in [0.3, 0.4) is 0 Å². The molecule has 0 radical (unpaired) electrons. The highest BCUT2D eigenvalue weighted by Crippen LogP contribution is 2.42. The molecule has 0 saturated heterocycles. The van der Waals surface area contributed by atoms with Crippen LogP contribution in [0.25, 0.3) is 0 Å². The highest BCUT2D eigenvalue weighted by atomic mass is 79.9. The molecule has 7 heteroatoms. The minimum Gasteiger partial charge on any atom is -0.389 e. The summed E-state index contributed by atoms with van der Waals surface area (Å²) < 4.78 is 40.6. The molecule has 1 aliphatic rings. The van der Waals surface area contributed by atoms with E-state index in [0.29, 0.717) is 6.42 Å². The number of rotatable bonds is 3. The Hall–Kier alpha value is -0.560. The van der Waals surface area contributed by atoms with Crippen LogP contribution in [0.2, 0.25) is 0 Å². The van der Waals surface area contributed by atoms with Crippen LogP contribution < -0.4 is 0 Å². The fraction of sp³-hybridized carbons (Fsp3) is 0.786. The van der Waals surface area contributed by atoms with Crippen molar-refractivity contribution in [2.45, 2.75) is 57.2 Å². The lowest BCUT2D eigenvalue weighted by Crippen LogP contribution is -2.40. The Morgan fingerprint density at radius 2 is 1.95 bits per heavy atom. The summed E-state index contributed by atoms with van der Waals surface area (Å²) in [4.78, 5) is 0. The monoisotopic (exact) mass is 368 g/mol. The first kappa shape index (κ1) is 16.8. The van der Waals surface area contributed by atoms with Gasteiger partial charge in [-0.15, -0.1) is 0 Å². The zero-order valence-electron chi connectivity index (χ0n) is 12.2. The number of halogens is 4. The summed E-state index contributed by atoms with van der Waals surface area (Å²) in [6.07, 6.45) is -2.70. The van der Waals surface area contributed by atoms with Crippen molar-refractivity contribution in [2.24, 2.45) is 13.0 Å². The minimum atomic E-state index is -4.15. The van der Waals surface area contributed by atoms with Gasteiger partial charge >= 0.3 is 6.18 Å². The molecule has 1 fully saturated rings. The van der Waals surface area contributed by atoms with E-state index in [1.54, 1.807) is 11.7 Å². The molecule has 0 amide bonds. The molecule has 0 aromatic carbocycles. The summed E-state index contributed by atoms with van der Waals surface area (Å²) in [5.41, 5.74) is 0.684. The molecule has 120 valence electrons. The number of alkyl halides is 3. The first-order valence-electron chi connectivity index (χ1n) is 7.15.